The molecule has 0 radical (unpaired) electrons. The number of carbonyl (C=O) groups excluding carboxylic acids is 1. The quantitative estimate of drug-likeness (QED) is 0.653. The molecule has 0 saturated heterocycles. The maximum absolute atomic E-state index is 11.5. The topological polar surface area (TPSA) is 110 Å². The highest BCUT2D eigenvalue weighted by Gasteiger charge is 2.13. The number of benzene rings is 1. The summed E-state index contributed by atoms with van der Waals surface area (Å²) in [6, 6.07) is 5.22. The number of unbranched alkanes of at least 4 members (excludes halogenated alkanes) is 1. The van der Waals surface area contributed by atoms with Crippen molar-refractivity contribution in [3.05, 3.63) is 24.3 Å². The van der Waals surface area contributed by atoms with Gasteiger partial charge in [-0.2, -0.15) is 0 Å². The molecule has 0 aromatic heterocycles. The Kier molecular flexibility index (Phi) is 7.02. The molecule has 0 bridgehead atoms. The van der Waals surface area contributed by atoms with Crippen molar-refractivity contribution in [2.45, 2.75) is 37.1 Å². The Labute approximate surface area is 135 Å². The van der Waals surface area contributed by atoms with Crippen LogP contribution in [0.1, 0.15) is 26.2 Å². The van der Waals surface area contributed by atoms with Gasteiger partial charge in [0.15, 0.2) is 9.84 Å². The van der Waals surface area contributed by atoms with E-state index in [1.54, 1.807) is 12.1 Å². The number of carboxylic acids is 1. The SMILES string of the molecule is C[C@H](NC(=O)CCCCOc1ccc(S(C)(=O)=O)cc1)C(=O)O. The molecule has 8 heteroatoms. The van der Waals surface area contributed by atoms with Crippen LogP contribution < -0.4 is 10.1 Å². The van der Waals surface area contributed by atoms with E-state index in [0.29, 0.717) is 25.2 Å². The number of rotatable bonds is 9. The second-order valence-electron chi connectivity index (χ2n) is 5.18. The third kappa shape index (κ3) is 7.14. The molecule has 0 heterocycles. The molecule has 1 rings (SSSR count). The van der Waals surface area contributed by atoms with E-state index in [1.165, 1.54) is 19.1 Å². The zero-order chi connectivity index (χ0) is 17.5. The first-order chi connectivity index (χ1) is 10.7. The number of nitrogens with one attached hydrogen (secondary N) is 1. The van der Waals surface area contributed by atoms with Gasteiger partial charge in [0.05, 0.1) is 11.5 Å². The molecule has 0 saturated carbocycles. The molecule has 2 N–H and O–H groups in total. The highest BCUT2D eigenvalue weighted by molar-refractivity contribution is 7.90. The number of carboxylic acid groups (broad SMARTS) is 1. The third-order valence-corrected chi connectivity index (χ3v) is 4.20. The highest BCUT2D eigenvalue weighted by Crippen LogP contribution is 2.16. The number of hydrogen-bond donors (Lipinski definition) is 2. The van der Waals surface area contributed by atoms with Gasteiger partial charge in [0.1, 0.15) is 11.8 Å². The smallest absolute Gasteiger partial charge is 0.325 e. The Morgan fingerprint density at radius 1 is 1.22 bits per heavy atom. The Morgan fingerprint density at radius 2 is 1.83 bits per heavy atom. The van der Waals surface area contributed by atoms with E-state index in [2.05, 4.69) is 5.32 Å². The lowest BCUT2D eigenvalue weighted by Gasteiger charge is -2.09. The minimum absolute atomic E-state index is 0.230. The Hall–Kier alpha value is -2.09. The van der Waals surface area contributed by atoms with E-state index in [0.717, 1.165) is 6.26 Å². The van der Waals surface area contributed by atoms with Crippen molar-refractivity contribution in [1.82, 2.24) is 5.32 Å². The third-order valence-electron chi connectivity index (χ3n) is 3.07. The fourth-order valence-corrected chi connectivity index (χ4v) is 2.37. The Bertz CT molecular complexity index is 638. The van der Waals surface area contributed by atoms with Crippen molar-refractivity contribution in [2.24, 2.45) is 0 Å². The standard InChI is InChI=1S/C15H21NO6S/c1-11(15(18)19)16-14(17)5-3-4-10-22-12-6-8-13(9-7-12)23(2,20)21/h6-9,11H,3-5,10H2,1-2H3,(H,16,17)(H,18,19)/t11-/m0/s1. The van der Waals surface area contributed by atoms with Crippen molar-refractivity contribution < 1.29 is 27.9 Å². The normalized spacial score (nSPS) is 12.4. The van der Waals surface area contributed by atoms with Crippen LogP contribution in [0.4, 0.5) is 0 Å². The van der Waals surface area contributed by atoms with Gasteiger partial charge < -0.3 is 15.2 Å². The molecule has 7 nitrogen and oxygen atoms in total. The lowest BCUT2D eigenvalue weighted by molar-refractivity contribution is -0.141. The van der Waals surface area contributed by atoms with Crippen LogP contribution in [0.5, 0.6) is 5.75 Å². The molecule has 0 aliphatic heterocycles. The number of ether oxygens (including phenoxy) is 1. The summed E-state index contributed by atoms with van der Waals surface area (Å²) in [7, 11) is -3.22. The fraction of sp³-hybridized carbons (Fsp3) is 0.467. The van der Waals surface area contributed by atoms with Gasteiger partial charge >= 0.3 is 5.97 Å². The summed E-state index contributed by atoms with van der Waals surface area (Å²) in [6.07, 6.45) is 2.56. The van der Waals surface area contributed by atoms with Crippen LogP contribution in [-0.4, -0.2) is 44.3 Å². The molecule has 128 valence electrons. The highest BCUT2D eigenvalue weighted by atomic mass is 32.2. The summed E-state index contributed by atoms with van der Waals surface area (Å²) in [6.45, 7) is 1.80. The predicted octanol–water partition coefficient (Wildman–Crippen LogP) is 1.23. The zero-order valence-electron chi connectivity index (χ0n) is 13.1. The molecular formula is C15H21NO6S. The number of sulfone groups is 1. The van der Waals surface area contributed by atoms with Crippen molar-refractivity contribution in [2.75, 3.05) is 12.9 Å². The molecule has 1 aromatic carbocycles. The fourth-order valence-electron chi connectivity index (χ4n) is 1.74. The van der Waals surface area contributed by atoms with Crippen LogP contribution in [0, 0.1) is 0 Å². The van der Waals surface area contributed by atoms with E-state index in [4.69, 9.17) is 9.84 Å². The first-order valence-corrected chi connectivity index (χ1v) is 9.04. The van der Waals surface area contributed by atoms with Gasteiger partial charge in [0, 0.05) is 12.7 Å². The summed E-state index contributed by atoms with van der Waals surface area (Å²) in [5.74, 6) is -0.821. The number of hydrogen-bond acceptors (Lipinski definition) is 5. The van der Waals surface area contributed by atoms with Gasteiger partial charge in [-0.15, -0.1) is 0 Å². The van der Waals surface area contributed by atoms with Crippen LogP contribution >= 0.6 is 0 Å². The zero-order valence-corrected chi connectivity index (χ0v) is 13.9. The number of amides is 1. The molecule has 0 spiro atoms. The van der Waals surface area contributed by atoms with Crippen molar-refractivity contribution >= 4 is 21.7 Å². The van der Waals surface area contributed by atoms with E-state index >= 15 is 0 Å². The number of carbonyl (C=O) groups is 2. The molecule has 23 heavy (non-hydrogen) atoms. The van der Waals surface area contributed by atoms with Crippen LogP contribution in [-0.2, 0) is 19.4 Å². The van der Waals surface area contributed by atoms with E-state index in [-0.39, 0.29) is 17.2 Å². The van der Waals surface area contributed by atoms with Crippen molar-refractivity contribution in [3.8, 4) is 5.75 Å². The first kappa shape index (κ1) is 19.0. The second kappa shape index (κ2) is 8.52. The average Bonchev–Trinajstić information content (AvgIpc) is 2.46. The molecule has 0 fully saturated rings. The molecular weight excluding hydrogens is 322 g/mol. The van der Waals surface area contributed by atoms with Gasteiger partial charge in [0.25, 0.3) is 0 Å². The molecule has 1 atom stereocenters. The Morgan fingerprint density at radius 3 is 2.35 bits per heavy atom. The summed E-state index contributed by atoms with van der Waals surface area (Å²) in [5.41, 5.74) is 0. The van der Waals surface area contributed by atoms with Crippen LogP contribution in [0.3, 0.4) is 0 Å². The van der Waals surface area contributed by atoms with Gasteiger partial charge in [-0.25, -0.2) is 8.42 Å². The van der Waals surface area contributed by atoms with Gasteiger partial charge in [-0.05, 0) is 44.0 Å². The van der Waals surface area contributed by atoms with Gasteiger partial charge in [-0.3, -0.25) is 9.59 Å². The van der Waals surface area contributed by atoms with Crippen molar-refractivity contribution in [1.29, 1.82) is 0 Å². The van der Waals surface area contributed by atoms with Gasteiger partial charge in [0.2, 0.25) is 5.91 Å². The molecule has 1 aromatic rings. The summed E-state index contributed by atoms with van der Waals surface area (Å²) in [5, 5.41) is 11.0. The van der Waals surface area contributed by atoms with E-state index in [9.17, 15) is 18.0 Å². The molecule has 0 aliphatic carbocycles. The first-order valence-electron chi connectivity index (χ1n) is 7.15. The maximum atomic E-state index is 11.5. The largest absolute Gasteiger partial charge is 0.494 e. The van der Waals surface area contributed by atoms with Crippen LogP contribution in [0.15, 0.2) is 29.2 Å². The monoisotopic (exact) mass is 343 g/mol. The average molecular weight is 343 g/mol. The van der Waals surface area contributed by atoms with Crippen LogP contribution in [0.2, 0.25) is 0 Å². The molecule has 0 aliphatic rings. The van der Waals surface area contributed by atoms with Gasteiger partial charge in [-0.1, -0.05) is 0 Å². The minimum Gasteiger partial charge on any atom is -0.494 e. The maximum Gasteiger partial charge on any atom is 0.325 e. The summed E-state index contributed by atoms with van der Waals surface area (Å²) >= 11 is 0. The van der Waals surface area contributed by atoms with Crippen molar-refractivity contribution in [3.63, 3.8) is 0 Å². The minimum atomic E-state index is -3.22. The lowest BCUT2D eigenvalue weighted by Crippen LogP contribution is -2.38. The summed E-state index contributed by atoms with van der Waals surface area (Å²) < 4.78 is 28.1. The predicted molar refractivity (Wildman–Crippen MR) is 84.1 cm³/mol. The molecule has 1 amide bonds. The number of aliphatic carboxylic acids is 1. The van der Waals surface area contributed by atoms with E-state index < -0.39 is 21.8 Å². The molecule has 0 unspecified atom stereocenters. The van der Waals surface area contributed by atoms with Crippen LogP contribution in [0.25, 0.3) is 0 Å². The Balaban J connectivity index is 2.25. The lowest BCUT2D eigenvalue weighted by atomic mass is 10.2. The second-order valence-corrected chi connectivity index (χ2v) is 7.19. The van der Waals surface area contributed by atoms with E-state index in [1.807, 2.05) is 0 Å². The summed E-state index contributed by atoms with van der Waals surface area (Å²) in [4.78, 5) is 22.3.